The summed E-state index contributed by atoms with van der Waals surface area (Å²) in [4.78, 5) is 10.7. The highest BCUT2D eigenvalue weighted by molar-refractivity contribution is 5.85. The van der Waals surface area contributed by atoms with Gasteiger partial charge in [-0.1, -0.05) is 18.2 Å². The maximum Gasteiger partial charge on any atom is 0.416 e. The summed E-state index contributed by atoms with van der Waals surface area (Å²) in [6.07, 6.45) is -6.21. The molecule has 0 aliphatic heterocycles. The summed E-state index contributed by atoms with van der Waals surface area (Å²) in [6, 6.07) is 4.44. The number of halogens is 4. The van der Waals surface area contributed by atoms with Crippen LogP contribution in [0, 0.1) is 0 Å². The topological polar surface area (TPSA) is 46.5 Å². The Bertz CT molecular complexity index is 393. The molecule has 0 heterocycles. The zero-order valence-electron chi connectivity index (χ0n) is 8.69. The molecule has 1 atom stereocenters. The number of hydrogen-bond acceptors (Lipinski definition) is 2. The van der Waals surface area contributed by atoms with Gasteiger partial charge in [0.15, 0.2) is 6.10 Å². The molecular weight excluding hydrogens is 261 g/mol. The summed E-state index contributed by atoms with van der Waals surface area (Å²) >= 11 is 0. The van der Waals surface area contributed by atoms with E-state index in [1.807, 2.05) is 0 Å². The zero-order valence-corrected chi connectivity index (χ0v) is 9.51. The number of benzene rings is 1. The van der Waals surface area contributed by atoms with Crippen molar-refractivity contribution in [1.29, 1.82) is 0 Å². The van der Waals surface area contributed by atoms with Gasteiger partial charge in [0.2, 0.25) is 0 Å². The molecule has 3 nitrogen and oxygen atoms in total. The number of carboxylic acids is 1. The number of aliphatic carboxylic acids is 1. The summed E-state index contributed by atoms with van der Waals surface area (Å²) in [6.45, 7) is 0. The van der Waals surface area contributed by atoms with Crippen molar-refractivity contribution in [3.8, 4) is 0 Å². The van der Waals surface area contributed by atoms with Gasteiger partial charge in [-0.3, -0.25) is 0 Å². The van der Waals surface area contributed by atoms with E-state index in [-0.39, 0.29) is 12.4 Å². The van der Waals surface area contributed by atoms with Gasteiger partial charge in [-0.2, -0.15) is 13.2 Å². The Balaban J connectivity index is 0.00000256. The monoisotopic (exact) mass is 270 g/mol. The van der Waals surface area contributed by atoms with Crippen LogP contribution in [-0.4, -0.2) is 18.2 Å². The predicted octanol–water partition coefficient (Wildman–Crippen LogP) is 2.90. The smallest absolute Gasteiger partial charge is 0.416 e. The maximum atomic E-state index is 12.6. The number of alkyl halides is 3. The van der Waals surface area contributed by atoms with Crippen LogP contribution < -0.4 is 0 Å². The molecule has 0 aromatic heterocycles. The van der Waals surface area contributed by atoms with Gasteiger partial charge in [0.05, 0.1) is 5.56 Å². The minimum Gasteiger partial charge on any atom is -0.479 e. The first-order valence-electron chi connectivity index (χ1n) is 4.29. The summed E-state index contributed by atoms with van der Waals surface area (Å²) < 4.78 is 42.2. The van der Waals surface area contributed by atoms with Gasteiger partial charge in [-0.15, -0.1) is 12.4 Å². The highest BCUT2D eigenvalue weighted by atomic mass is 35.5. The summed E-state index contributed by atoms with van der Waals surface area (Å²) in [5.74, 6) is -1.46. The van der Waals surface area contributed by atoms with Crippen molar-refractivity contribution >= 4 is 18.4 Å². The second kappa shape index (κ2) is 5.88. The first-order chi connectivity index (χ1) is 7.38. The Labute approximate surface area is 102 Å². The molecule has 0 radical (unpaired) electrons. The van der Waals surface area contributed by atoms with E-state index in [1.54, 1.807) is 0 Å². The van der Waals surface area contributed by atoms with E-state index < -0.39 is 29.4 Å². The average Bonchev–Trinajstić information content (AvgIpc) is 2.17. The molecule has 7 heteroatoms. The standard InChI is InChI=1S/C10H9F3O3.ClH/c1-16-8(9(14)15)6-4-2-3-5-7(6)10(11,12)13;/h2-5,8H,1H3,(H,14,15);1H/t8-;/m1./s1. The van der Waals surface area contributed by atoms with Gasteiger partial charge in [-0.25, -0.2) is 4.79 Å². The lowest BCUT2D eigenvalue weighted by Gasteiger charge is -2.16. The maximum absolute atomic E-state index is 12.6. The number of hydrogen-bond donors (Lipinski definition) is 1. The molecule has 17 heavy (non-hydrogen) atoms. The molecule has 1 rings (SSSR count). The zero-order chi connectivity index (χ0) is 12.3. The third-order valence-corrected chi connectivity index (χ3v) is 2.01. The predicted molar refractivity (Wildman–Crippen MR) is 56.1 cm³/mol. The minimum absolute atomic E-state index is 0. The van der Waals surface area contributed by atoms with Crippen LogP contribution in [0.25, 0.3) is 0 Å². The lowest BCUT2D eigenvalue weighted by atomic mass is 10.0. The Kier molecular flexibility index (Phi) is 5.44. The normalized spacial score (nSPS) is 12.7. The Morgan fingerprint density at radius 1 is 1.35 bits per heavy atom. The van der Waals surface area contributed by atoms with Gasteiger partial charge in [0.1, 0.15) is 0 Å². The van der Waals surface area contributed by atoms with Crippen LogP contribution in [0.3, 0.4) is 0 Å². The van der Waals surface area contributed by atoms with Crippen LogP contribution in [0.1, 0.15) is 17.2 Å². The summed E-state index contributed by atoms with van der Waals surface area (Å²) in [5.41, 5.74) is -1.39. The van der Waals surface area contributed by atoms with Crippen molar-refractivity contribution in [1.82, 2.24) is 0 Å². The summed E-state index contributed by atoms with van der Waals surface area (Å²) in [5, 5.41) is 8.72. The van der Waals surface area contributed by atoms with E-state index in [1.165, 1.54) is 12.1 Å². The lowest BCUT2D eigenvalue weighted by molar-refractivity contribution is -0.151. The van der Waals surface area contributed by atoms with Crippen molar-refractivity contribution in [2.45, 2.75) is 12.3 Å². The molecule has 0 amide bonds. The molecular formula is C10H10ClF3O3. The molecule has 0 unspecified atom stereocenters. The van der Waals surface area contributed by atoms with Gasteiger partial charge in [0.25, 0.3) is 0 Å². The molecule has 1 aromatic rings. The van der Waals surface area contributed by atoms with Crippen LogP contribution in [-0.2, 0) is 15.7 Å². The molecule has 96 valence electrons. The van der Waals surface area contributed by atoms with Gasteiger partial charge in [0, 0.05) is 12.7 Å². The van der Waals surface area contributed by atoms with Crippen LogP contribution in [0.5, 0.6) is 0 Å². The van der Waals surface area contributed by atoms with Crippen LogP contribution in [0.15, 0.2) is 24.3 Å². The molecule has 0 bridgehead atoms. The molecule has 0 aliphatic carbocycles. The summed E-state index contributed by atoms with van der Waals surface area (Å²) in [7, 11) is 1.05. The SMILES string of the molecule is CO[C@@H](C(=O)O)c1ccccc1C(F)(F)F.Cl. The van der Waals surface area contributed by atoms with E-state index in [2.05, 4.69) is 4.74 Å². The van der Waals surface area contributed by atoms with Crippen molar-refractivity contribution in [2.24, 2.45) is 0 Å². The Morgan fingerprint density at radius 2 is 1.88 bits per heavy atom. The lowest BCUT2D eigenvalue weighted by Crippen LogP contribution is -2.19. The second-order valence-electron chi connectivity index (χ2n) is 3.04. The quantitative estimate of drug-likeness (QED) is 0.919. The fourth-order valence-corrected chi connectivity index (χ4v) is 1.34. The molecule has 0 fully saturated rings. The fraction of sp³-hybridized carbons (Fsp3) is 0.300. The minimum atomic E-state index is -4.59. The average molecular weight is 271 g/mol. The fourth-order valence-electron chi connectivity index (χ4n) is 1.34. The molecule has 0 aliphatic rings. The van der Waals surface area contributed by atoms with Crippen LogP contribution in [0.2, 0.25) is 0 Å². The van der Waals surface area contributed by atoms with E-state index >= 15 is 0 Å². The number of methoxy groups -OCH3 is 1. The third-order valence-electron chi connectivity index (χ3n) is 2.01. The highest BCUT2D eigenvalue weighted by Crippen LogP contribution is 2.35. The first kappa shape index (κ1) is 15.7. The molecule has 0 saturated carbocycles. The van der Waals surface area contributed by atoms with Crippen LogP contribution in [0.4, 0.5) is 13.2 Å². The number of carboxylic acid groups (broad SMARTS) is 1. The largest absolute Gasteiger partial charge is 0.479 e. The highest BCUT2D eigenvalue weighted by Gasteiger charge is 2.36. The van der Waals surface area contributed by atoms with Gasteiger partial charge in [-0.05, 0) is 6.07 Å². The number of rotatable bonds is 3. The Morgan fingerprint density at radius 3 is 2.29 bits per heavy atom. The van der Waals surface area contributed by atoms with Gasteiger partial charge >= 0.3 is 12.1 Å². The van der Waals surface area contributed by atoms with E-state index in [4.69, 9.17) is 5.11 Å². The second-order valence-corrected chi connectivity index (χ2v) is 3.04. The van der Waals surface area contributed by atoms with E-state index in [9.17, 15) is 18.0 Å². The van der Waals surface area contributed by atoms with Crippen LogP contribution >= 0.6 is 12.4 Å². The number of carbonyl (C=O) groups is 1. The molecule has 0 spiro atoms. The van der Waals surface area contributed by atoms with Crippen molar-refractivity contribution in [2.75, 3.05) is 7.11 Å². The van der Waals surface area contributed by atoms with Gasteiger partial charge < -0.3 is 9.84 Å². The van der Waals surface area contributed by atoms with E-state index in [0.29, 0.717) is 0 Å². The molecule has 0 saturated heterocycles. The first-order valence-corrected chi connectivity index (χ1v) is 4.29. The number of ether oxygens (including phenoxy) is 1. The van der Waals surface area contributed by atoms with E-state index in [0.717, 1.165) is 19.2 Å². The molecule has 1 aromatic carbocycles. The van der Waals surface area contributed by atoms with Crippen molar-refractivity contribution in [3.63, 3.8) is 0 Å². The molecule has 1 N–H and O–H groups in total. The Hall–Kier alpha value is -1.27. The van der Waals surface area contributed by atoms with Crippen molar-refractivity contribution in [3.05, 3.63) is 35.4 Å². The van der Waals surface area contributed by atoms with Crippen molar-refractivity contribution < 1.29 is 27.8 Å². The third kappa shape index (κ3) is 3.61.